The van der Waals surface area contributed by atoms with Crippen molar-refractivity contribution in [3.8, 4) is 44.5 Å². The summed E-state index contributed by atoms with van der Waals surface area (Å²) in [6.45, 7) is 0. The first-order valence-electron chi connectivity index (χ1n) is 22.9. The second kappa shape index (κ2) is 16.5. The molecule has 0 aliphatic heterocycles. The second-order valence-electron chi connectivity index (χ2n) is 17.4. The van der Waals surface area contributed by atoms with Gasteiger partial charge in [0.05, 0.1) is 11.4 Å². The van der Waals surface area contributed by atoms with Crippen molar-refractivity contribution < 1.29 is 0 Å². The Hall–Kier alpha value is -7.26. The monoisotopic (exact) mass is 837 g/mol. The Morgan fingerprint density at radius 1 is 0.359 bits per heavy atom. The summed E-state index contributed by atoms with van der Waals surface area (Å²) in [7, 11) is 0. The molecule has 0 bridgehead atoms. The van der Waals surface area contributed by atoms with Crippen LogP contribution in [0.5, 0.6) is 0 Å². The summed E-state index contributed by atoms with van der Waals surface area (Å²) in [5, 5.41) is 7.82. The predicted octanol–water partition coefficient (Wildman–Crippen LogP) is 18.5. The molecule has 0 spiro atoms. The number of hydrogen-bond acceptors (Lipinski definition) is 2. The molecule has 64 heavy (non-hydrogen) atoms. The van der Waals surface area contributed by atoms with Crippen LogP contribution in [0.2, 0.25) is 0 Å². The number of hydrogen-bond donors (Lipinski definition) is 0. The van der Waals surface area contributed by atoms with Crippen molar-refractivity contribution >= 4 is 70.1 Å². The Kier molecular flexibility index (Phi) is 9.88. The Morgan fingerprint density at radius 3 is 1.61 bits per heavy atom. The SMILES string of the molecule is c1ccc(-c2cccc3cccc(-c4ccccc4N(c4cccc(-c5cccc6sc7ccccc7c56)c4)c4ccccc4-c4cccc5cccc(C6CCCCC6)c45)c23)cc1. The first-order valence-corrected chi connectivity index (χ1v) is 23.7. The molecule has 1 aliphatic rings. The molecule has 0 unspecified atom stereocenters. The molecule has 11 aromatic rings. The summed E-state index contributed by atoms with van der Waals surface area (Å²) in [4.78, 5) is 2.55. The van der Waals surface area contributed by atoms with Crippen molar-refractivity contribution in [2.24, 2.45) is 0 Å². The van der Waals surface area contributed by atoms with Crippen LogP contribution < -0.4 is 4.90 Å². The molecule has 0 atom stereocenters. The Labute approximate surface area is 379 Å². The molecule has 2 heteroatoms. The van der Waals surface area contributed by atoms with Crippen LogP contribution in [-0.4, -0.2) is 0 Å². The van der Waals surface area contributed by atoms with Gasteiger partial charge in [-0.3, -0.25) is 0 Å². The molecule has 306 valence electrons. The molecule has 0 saturated heterocycles. The third-order valence-electron chi connectivity index (χ3n) is 13.7. The number of thiophene rings is 1. The maximum Gasteiger partial charge on any atom is 0.0540 e. The summed E-state index contributed by atoms with van der Waals surface area (Å²) in [5.41, 5.74) is 14.7. The number of benzene rings is 10. The Morgan fingerprint density at radius 2 is 0.875 bits per heavy atom. The lowest BCUT2D eigenvalue weighted by atomic mass is 9.80. The van der Waals surface area contributed by atoms with Gasteiger partial charge in [0.2, 0.25) is 0 Å². The van der Waals surface area contributed by atoms with Gasteiger partial charge in [0.15, 0.2) is 0 Å². The smallest absolute Gasteiger partial charge is 0.0540 e. The van der Waals surface area contributed by atoms with E-state index in [1.807, 2.05) is 11.3 Å². The Balaban J connectivity index is 1.13. The van der Waals surface area contributed by atoms with Gasteiger partial charge >= 0.3 is 0 Å². The van der Waals surface area contributed by atoms with Crippen molar-refractivity contribution in [1.82, 2.24) is 0 Å². The van der Waals surface area contributed by atoms with Gasteiger partial charge in [0, 0.05) is 37.0 Å². The van der Waals surface area contributed by atoms with Crippen LogP contribution in [0.3, 0.4) is 0 Å². The van der Waals surface area contributed by atoms with Crippen molar-refractivity contribution in [2.75, 3.05) is 4.90 Å². The molecule has 10 aromatic carbocycles. The summed E-state index contributed by atoms with van der Waals surface area (Å²) < 4.78 is 2.63. The van der Waals surface area contributed by atoms with E-state index in [0.29, 0.717) is 5.92 Å². The third-order valence-corrected chi connectivity index (χ3v) is 14.8. The minimum atomic E-state index is 0.570. The summed E-state index contributed by atoms with van der Waals surface area (Å²) >= 11 is 1.88. The van der Waals surface area contributed by atoms with Crippen LogP contribution in [0.1, 0.15) is 43.6 Å². The zero-order valence-corrected chi connectivity index (χ0v) is 36.6. The van der Waals surface area contributed by atoms with Gasteiger partial charge in [0.1, 0.15) is 0 Å². The average molecular weight is 838 g/mol. The molecule has 1 aromatic heterocycles. The highest BCUT2D eigenvalue weighted by Gasteiger charge is 2.25. The molecule has 0 radical (unpaired) electrons. The standard InChI is InChI=1S/C62H47NS/c1-3-19-42(20-4-1)48-32-14-23-44-25-16-35-53(60(44)48)51-29-7-10-37-56(51)63(47-28-13-27-46(41-47)50-34-18-40-59-62(50)55-31-9-12-39-58(55)64-59)57-38-11-8-30-52(57)54-36-17-26-45-24-15-33-49(61(45)54)43-21-5-2-6-22-43/h1,3-4,7-20,23-41,43H,2,5-6,21-22H2. The second-order valence-corrected chi connectivity index (χ2v) is 18.4. The van der Waals surface area contributed by atoms with Gasteiger partial charge in [-0.2, -0.15) is 0 Å². The van der Waals surface area contributed by atoms with E-state index in [2.05, 4.69) is 223 Å². The molecule has 0 N–H and O–H groups in total. The first-order chi connectivity index (χ1) is 31.8. The van der Waals surface area contributed by atoms with Crippen molar-refractivity contribution in [1.29, 1.82) is 0 Å². The average Bonchev–Trinajstić information content (AvgIpc) is 3.76. The van der Waals surface area contributed by atoms with Gasteiger partial charge in [-0.15, -0.1) is 11.3 Å². The van der Waals surface area contributed by atoms with E-state index >= 15 is 0 Å². The highest BCUT2D eigenvalue weighted by molar-refractivity contribution is 7.25. The van der Waals surface area contributed by atoms with E-state index in [1.54, 1.807) is 0 Å². The number of fused-ring (bicyclic) bond motifs is 5. The molecule has 1 aliphatic carbocycles. The number of rotatable bonds is 8. The van der Waals surface area contributed by atoms with E-state index in [-0.39, 0.29) is 0 Å². The number of nitrogens with zero attached hydrogens (tertiary/aromatic N) is 1. The van der Waals surface area contributed by atoms with Crippen LogP contribution >= 0.6 is 11.3 Å². The predicted molar refractivity (Wildman–Crippen MR) is 277 cm³/mol. The molecule has 1 heterocycles. The van der Waals surface area contributed by atoms with E-state index < -0.39 is 0 Å². The van der Waals surface area contributed by atoms with Crippen LogP contribution in [0, 0.1) is 0 Å². The van der Waals surface area contributed by atoms with Gasteiger partial charge in [0.25, 0.3) is 0 Å². The van der Waals surface area contributed by atoms with Crippen LogP contribution in [0.15, 0.2) is 218 Å². The van der Waals surface area contributed by atoms with E-state index in [0.717, 1.165) is 17.1 Å². The lowest BCUT2D eigenvalue weighted by Gasteiger charge is -2.31. The largest absolute Gasteiger partial charge is 0.309 e. The van der Waals surface area contributed by atoms with Crippen LogP contribution in [0.4, 0.5) is 17.1 Å². The molecule has 0 amide bonds. The molecular weight excluding hydrogens is 791 g/mol. The maximum atomic E-state index is 2.55. The number of para-hydroxylation sites is 2. The molecule has 1 fully saturated rings. The van der Waals surface area contributed by atoms with E-state index in [9.17, 15) is 0 Å². The summed E-state index contributed by atoms with van der Waals surface area (Å²) in [6, 6.07) is 81.4. The maximum absolute atomic E-state index is 2.55. The van der Waals surface area contributed by atoms with Crippen molar-refractivity contribution in [3.63, 3.8) is 0 Å². The first kappa shape index (κ1) is 38.4. The molecular formula is C62H47NS. The van der Waals surface area contributed by atoms with Gasteiger partial charge in [-0.05, 0) is 116 Å². The van der Waals surface area contributed by atoms with Crippen LogP contribution in [-0.2, 0) is 0 Å². The minimum Gasteiger partial charge on any atom is -0.309 e. The number of anilines is 3. The van der Waals surface area contributed by atoms with Gasteiger partial charge in [-0.25, -0.2) is 0 Å². The molecule has 1 nitrogen and oxygen atoms in total. The fourth-order valence-corrected chi connectivity index (χ4v) is 11.9. The van der Waals surface area contributed by atoms with E-state index in [4.69, 9.17) is 0 Å². The molecule has 1 saturated carbocycles. The summed E-state index contributed by atoms with van der Waals surface area (Å²) in [6.07, 6.45) is 6.45. The van der Waals surface area contributed by atoms with Crippen LogP contribution in [0.25, 0.3) is 86.2 Å². The fourth-order valence-electron chi connectivity index (χ4n) is 10.8. The zero-order chi connectivity index (χ0) is 42.4. The normalized spacial score (nSPS) is 13.2. The van der Waals surface area contributed by atoms with Gasteiger partial charge < -0.3 is 4.90 Å². The molecule has 12 rings (SSSR count). The highest BCUT2D eigenvalue weighted by Crippen LogP contribution is 2.50. The topological polar surface area (TPSA) is 3.24 Å². The zero-order valence-electron chi connectivity index (χ0n) is 35.8. The van der Waals surface area contributed by atoms with Crippen molar-refractivity contribution in [2.45, 2.75) is 38.0 Å². The lowest BCUT2D eigenvalue weighted by Crippen LogP contribution is -2.13. The van der Waals surface area contributed by atoms with Gasteiger partial charge in [-0.1, -0.05) is 201 Å². The minimum absolute atomic E-state index is 0.570. The summed E-state index contributed by atoms with van der Waals surface area (Å²) in [5.74, 6) is 0.570. The highest BCUT2D eigenvalue weighted by atomic mass is 32.1. The fraction of sp³-hybridized carbons (Fsp3) is 0.0968. The van der Waals surface area contributed by atoms with E-state index in [1.165, 1.54) is 124 Å². The quantitative estimate of drug-likeness (QED) is 0.147. The van der Waals surface area contributed by atoms with Crippen molar-refractivity contribution in [3.05, 3.63) is 224 Å². The lowest BCUT2D eigenvalue weighted by molar-refractivity contribution is 0.445. The Bertz CT molecular complexity index is 3490. The third kappa shape index (κ3) is 6.69.